The van der Waals surface area contributed by atoms with Crippen LogP contribution < -0.4 is 5.73 Å². The highest BCUT2D eigenvalue weighted by atomic mass is 79.9. The molecule has 0 radical (unpaired) electrons. The normalized spacial score (nSPS) is 11.8. The fraction of sp³-hybridized carbons (Fsp3) is 0.333. The van der Waals surface area contributed by atoms with E-state index in [0.29, 0.717) is 6.42 Å². The van der Waals surface area contributed by atoms with Gasteiger partial charge in [0.25, 0.3) is 0 Å². The molecule has 0 amide bonds. The molecule has 16 heavy (non-hydrogen) atoms. The summed E-state index contributed by atoms with van der Waals surface area (Å²) in [6, 6.07) is 3.53. The second-order valence-corrected chi connectivity index (χ2v) is 4.84. The molecule has 0 saturated heterocycles. The van der Waals surface area contributed by atoms with Crippen LogP contribution in [0.15, 0.2) is 28.8 Å². The average Bonchev–Trinajstić information content (AvgIpc) is 2.09. The fourth-order valence-corrected chi connectivity index (χ4v) is 2.12. The van der Waals surface area contributed by atoms with Gasteiger partial charge in [-0.05, 0) is 38.0 Å². The number of hydrogen-bond acceptors (Lipinski definition) is 2. The third-order valence-corrected chi connectivity index (χ3v) is 2.72. The molecule has 1 aromatic carbocycles. The van der Waals surface area contributed by atoms with Crippen LogP contribution in [0.5, 0.6) is 5.75 Å². The zero-order valence-corrected chi connectivity index (χ0v) is 11.9. The highest BCUT2D eigenvalue weighted by molar-refractivity contribution is 9.10. The highest BCUT2D eigenvalue weighted by Crippen LogP contribution is 2.32. The van der Waals surface area contributed by atoms with Crippen LogP contribution in [-0.2, 0) is 0 Å². The van der Waals surface area contributed by atoms with Gasteiger partial charge in [0, 0.05) is 16.1 Å². The van der Waals surface area contributed by atoms with Crippen molar-refractivity contribution in [3.8, 4) is 5.75 Å². The predicted octanol–water partition coefficient (Wildman–Crippen LogP) is 3.85. The summed E-state index contributed by atoms with van der Waals surface area (Å²) in [5.41, 5.74) is 8.60. The van der Waals surface area contributed by atoms with Gasteiger partial charge in [0.1, 0.15) is 5.75 Å². The van der Waals surface area contributed by atoms with Crippen LogP contribution in [0.25, 0.3) is 0 Å². The quantitative estimate of drug-likeness (QED) is 0.833. The zero-order chi connectivity index (χ0) is 11.6. The van der Waals surface area contributed by atoms with Crippen LogP contribution in [0.3, 0.4) is 0 Å². The van der Waals surface area contributed by atoms with Gasteiger partial charge in [0.15, 0.2) is 0 Å². The molecular formula is C12H17BrClNO. The van der Waals surface area contributed by atoms with Gasteiger partial charge in [-0.3, -0.25) is 0 Å². The largest absolute Gasteiger partial charge is 0.507 e. The lowest BCUT2D eigenvalue weighted by Gasteiger charge is -2.15. The minimum Gasteiger partial charge on any atom is -0.507 e. The minimum atomic E-state index is -0.196. The minimum absolute atomic E-state index is 0. The lowest BCUT2D eigenvalue weighted by molar-refractivity contribution is 0.456. The van der Waals surface area contributed by atoms with Crippen molar-refractivity contribution in [2.24, 2.45) is 5.73 Å². The molecule has 1 aromatic rings. The summed E-state index contributed by atoms with van der Waals surface area (Å²) in [5.74, 6) is 0.284. The van der Waals surface area contributed by atoms with E-state index in [9.17, 15) is 5.11 Å². The number of aromatic hydroxyl groups is 1. The molecule has 0 saturated carbocycles. The van der Waals surface area contributed by atoms with Crippen molar-refractivity contribution in [1.82, 2.24) is 0 Å². The van der Waals surface area contributed by atoms with E-state index in [-0.39, 0.29) is 24.2 Å². The van der Waals surface area contributed by atoms with Crippen molar-refractivity contribution in [2.45, 2.75) is 26.3 Å². The topological polar surface area (TPSA) is 46.2 Å². The molecule has 90 valence electrons. The van der Waals surface area contributed by atoms with Gasteiger partial charge < -0.3 is 10.8 Å². The number of benzene rings is 1. The number of phenols is 1. The van der Waals surface area contributed by atoms with E-state index in [2.05, 4.69) is 22.5 Å². The van der Waals surface area contributed by atoms with Gasteiger partial charge >= 0.3 is 0 Å². The molecule has 2 nitrogen and oxygen atoms in total. The summed E-state index contributed by atoms with van der Waals surface area (Å²) in [6.45, 7) is 7.61. The van der Waals surface area contributed by atoms with Crippen molar-refractivity contribution in [1.29, 1.82) is 0 Å². The Kier molecular flexibility index (Phi) is 6.08. The molecular weight excluding hydrogens is 289 g/mol. The van der Waals surface area contributed by atoms with Crippen molar-refractivity contribution < 1.29 is 5.11 Å². The van der Waals surface area contributed by atoms with Crippen LogP contribution in [0.1, 0.15) is 30.5 Å². The van der Waals surface area contributed by atoms with Crippen LogP contribution in [0.4, 0.5) is 0 Å². The molecule has 3 N–H and O–H groups in total. The molecule has 1 rings (SSSR count). The molecule has 0 aromatic heterocycles. The van der Waals surface area contributed by atoms with E-state index in [1.165, 1.54) is 0 Å². The van der Waals surface area contributed by atoms with E-state index in [0.717, 1.165) is 21.2 Å². The lowest BCUT2D eigenvalue weighted by Crippen LogP contribution is -2.11. The van der Waals surface area contributed by atoms with Crippen molar-refractivity contribution in [3.05, 3.63) is 39.9 Å². The maximum Gasteiger partial charge on any atom is 0.123 e. The van der Waals surface area contributed by atoms with Gasteiger partial charge in [0.2, 0.25) is 0 Å². The first-order valence-electron chi connectivity index (χ1n) is 4.80. The summed E-state index contributed by atoms with van der Waals surface area (Å²) in [4.78, 5) is 0. The number of nitrogens with two attached hydrogens (primary N) is 1. The fourth-order valence-electron chi connectivity index (χ4n) is 1.53. The molecule has 0 heterocycles. The number of rotatable bonds is 3. The zero-order valence-electron chi connectivity index (χ0n) is 9.46. The Bertz CT molecular complexity index is 393. The molecule has 1 atom stereocenters. The molecule has 0 aliphatic rings. The van der Waals surface area contributed by atoms with Gasteiger partial charge in [-0.2, -0.15) is 0 Å². The van der Waals surface area contributed by atoms with Gasteiger partial charge in [-0.1, -0.05) is 21.5 Å². The van der Waals surface area contributed by atoms with E-state index < -0.39 is 0 Å². The lowest BCUT2D eigenvalue weighted by atomic mass is 9.98. The average molecular weight is 307 g/mol. The molecule has 0 aliphatic carbocycles. The SMILES string of the molecule is C=C(C)C[C@H](N)c1cc(Br)cc(C)c1O.Cl. The highest BCUT2D eigenvalue weighted by Gasteiger charge is 2.13. The first kappa shape index (κ1) is 15.5. The summed E-state index contributed by atoms with van der Waals surface area (Å²) in [7, 11) is 0. The molecule has 0 unspecified atom stereocenters. The molecule has 0 spiro atoms. The van der Waals surface area contributed by atoms with Gasteiger partial charge in [-0.15, -0.1) is 19.0 Å². The molecule has 0 bridgehead atoms. The van der Waals surface area contributed by atoms with Crippen LogP contribution >= 0.6 is 28.3 Å². The Balaban J connectivity index is 0.00000225. The second-order valence-electron chi connectivity index (χ2n) is 3.93. The molecule has 0 fully saturated rings. The summed E-state index contributed by atoms with van der Waals surface area (Å²) in [5, 5.41) is 9.87. The van der Waals surface area contributed by atoms with Crippen LogP contribution in [0.2, 0.25) is 0 Å². The third kappa shape index (κ3) is 3.81. The van der Waals surface area contributed by atoms with Crippen molar-refractivity contribution in [2.75, 3.05) is 0 Å². The standard InChI is InChI=1S/C12H16BrNO.ClH/c1-7(2)4-11(14)10-6-9(13)5-8(3)12(10)15;/h5-6,11,15H,1,4,14H2,2-3H3;1H/t11-;/m0./s1. The third-order valence-electron chi connectivity index (χ3n) is 2.26. The number of halogens is 2. The van der Waals surface area contributed by atoms with Gasteiger partial charge in [-0.25, -0.2) is 0 Å². The maximum atomic E-state index is 9.87. The maximum absolute atomic E-state index is 9.87. The van der Waals surface area contributed by atoms with E-state index in [1.807, 2.05) is 26.0 Å². The second kappa shape index (κ2) is 6.28. The Morgan fingerprint density at radius 3 is 2.62 bits per heavy atom. The Labute approximate surface area is 111 Å². The van der Waals surface area contributed by atoms with Gasteiger partial charge in [0.05, 0.1) is 0 Å². The summed E-state index contributed by atoms with van der Waals surface area (Å²) in [6.07, 6.45) is 0.684. The van der Waals surface area contributed by atoms with Crippen molar-refractivity contribution in [3.63, 3.8) is 0 Å². The Morgan fingerprint density at radius 1 is 1.56 bits per heavy atom. The predicted molar refractivity (Wildman–Crippen MR) is 74.2 cm³/mol. The number of phenolic OH excluding ortho intramolecular Hbond substituents is 1. The van der Waals surface area contributed by atoms with E-state index >= 15 is 0 Å². The van der Waals surface area contributed by atoms with Crippen LogP contribution in [-0.4, -0.2) is 5.11 Å². The van der Waals surface area contributed by atoms with E-state index in [1.54, 1.807) is 0 Å². The summed E-state index contributed by atoms with van der Waals surface area (Å²) < 4.78 is 0.935. The number of hydrogen-bond donors (Lipinski definition) is 2. The summed E-state index contributed by atoms with van der Waals surface area (Å²) >= 11 is 3.39. The molecule has 0 aliphatic heterocycles. The smallest absolute Gasteiger partial charge is 0.123 e. The number of aryl methyl sites for hydroxylation is 1. The monoisotopic (exact) mass is 305 g/mol. The van der Waals surface area contributed by atoms with Crippen LogP contribution in [0, 0.1) is 6.92 Å². The molecule has 4 heteroatoms. The first-order valence-corrected chi connectivity index (χ1v) is 5.60. The van der Waals surface area contributed by atoms with Crippen molar-refractivity contribution >= 4 is 28.3 Å². The Hall–Kier alpha value is -0.510. The first-order chi connectivity index (χ1) is 6.91. The Morgan fingerprint density at radius 2 is 2.12 bits per heavy atom. The van der Waals surface area contributed by atoms with E-state index in [4.69, 9.17) is 5.73 Å².